The molecule has 0 radical (unpaired) electrons. The molecule has 0 saturated carbocycles. The third-order valence-electron chi connectivity index (χ3n) is 6.96. The number of amides is 3. The Balaban J connectivity index is 1.63. The molecule has 3 aromatic carbocycles. The summed E-state index contributed by atoms with van der Waals surface area (Å²) >= 11 is 0. The number of fused-ring (bicyclic) bond motifs is 4. The van der Waals surface area contributed by atoms with Gasteiger partial charge in [-0.15, -0.1) is 0 Å². The SMILES string of the molecule is COc1ccc(N2C(=O)NC3c4ccccc4OC2(C)C3C(=O)Nc2ccc(C)cc2C)c(OC)c1. The van der Waals surface area contributed by atoms with E-state index in [1.165, 1.54) is 12.0 Å². The molecule has 5 rings (SSSR count). The van der Waals surface area contributed by atoms with Gasteiger partial charge in [0.25, 0.3) is 0 Å². The van der Waals surface area contributed by atoms with Gasteiger partial charge in [-0.2, -0.15) is 0 Å². The first kappa shape index (κ1) is 23.5. The molecular weight excluding hydrogens is 458 g/mol. The normalized spacial score (nSPS) is 22.1. The average Bonchev–Trinajstić information content (AvgIpc) is 2.85. The second-order valence-electron chi connectivity index (χ2n) is 9.28. The molecule has 8 nitrogen and oxygen atoms in total. The minimum atomic E-state index is -1.36. The smallest absolute Gasteiger partial charge is 0.325 e. The van der Waals surface area contributed by atoms with E-state index in [1.807, 2.05) is 56.3 Å². The van der Waals surface area contributed by atoms with Crippen LogP contribution in [0.5, 0.6) is 17.2 Å². The molecule has 3 unspecified atom stereocenters. The fourth-order valence-corrected chi connectivity index (χ4v) is 5.23. The minimum Gasteiger partial charge on any atom is -0.497 e. The molecule has 2 bridgehead atoms. The Morgan fingerprint density at radius 2 is 1.83 bits per heavy atom. The molecule has 186 valence electrons. The third kappa shape index (κ3) is 3.69. The van der Waals surface area contributed by atoms with Crippen LogP contribution in [-0.4, -0.2) is 31.9 Å². The van der Waals surface area contributed by atoms with Crippen LogP contribution in [0.25, 0.3) is 0 Å². The van der Waals surface area contributed by atoms with Crippen molar-refractivity contribution in [2.45, 2.75) is 32.5 Å². The lowest BCUT2D eigenvalue weighted by atomic mass is 9.78. The molecule has 2 heterocycles. The summed E-state index contributed by atoms with van der Waals surface area (Å²) in [5.74, 6) is 0.562. The van der Waals surface area contributed by atoms with Crippen LogP contribution in [0.3, 0.4) is 0 Å². The van der Waals surface area contributed by atoms with Crippen LogP contribution >= 0.6 is 0 Å². The van der Waals surface area contributed by atoms with Crippen LogP contribution in [0, 0.1) is 19.8 Å². The number of urea groups is 1. The first-order valence-corrected chi connectivity index (χ1v) is 11.8. The highest BCUT2D eigenvalue weighted by molar-refractivity contribution is 6.02. The van der Waals surface area contributed by atoms with Gasteiger partial charge < -0.3 is 24.8 Å². The van der Waals surface area contributed by atoms with Crippen LogP contribution in [0.2, 0.25) is 0 Å². The topological polar surface area (TPSA) is 89.1 Å². The van der Waals surface area contributed by atoms with Gasteiger partial charge in [0, 0.05) is 17.3 Å². The van der Waals surface area contributed by atoms with Gasteiger partial charge in [-0.3, -0.25) is 9.69 Å². The molecule has 2 N–H and O–H groups in total. The molecule has 36 heavy (non-hydrogen) atoms. The Morgan fingerprint density at radius 1 is 1.06 bits per heavy atom. The second kappa shape index (κ2) is 8.78. The molecule has 3 atom stereocenters. The van der Waals surface area contributed by atoms with Gasteiger partial charge in [-0.05, 0) is 50.6 Å². The van der Waals surface area contributed by atoms with Crippen molar-refractivity contribution < 1.29 is 23.8 Å². The fourth-order valence-electron chi connectivity index (χ4n) is 5.23. The number of ether oxygens (including phenoxy) is 3. The van der Waals surface area contributed by atoms with Crippen LogP contribution < -0.4 is 29.7 Å². The minimum absolute atomic E-state index is 0.263. The predicted octanol–water partition coefficient (Wildman–Crippen LogP) is 4.96. The number of anilines is 2. The Morgan fingerprint density at radius 3 is 2.56 bits per heavy atom. The van der Waals surface area contributed by atoms with E-state index in [9.17, 15) is 9.59 Å². The monoisotopic (exact) mass is 487 g/mol. The summed E-state index contributed by atoms with van der Waals surface area (Å²) in [6.07, 6.45) is 0. The molecule has 0 aliphatic carbocycles. The molecular formula is C28H29N3O5. The van der Waals surface area contributed by atoms with E-state index in [1.54, 1.807) is 32.2 Å². The summed E-state index contributed by atoms with van der Waals surface area (Å²) in [5.41, 5.74) is 2.63. The fraction of sp³-hybridized carbons (Fsp3) is 0.286. The highest BCUT2D eigenvalue weighted by Crippen LogP contribution is 2.51. The molecule has 2 aliphatic rings. The van der Waals surface area contributed by atoms with Crippen molar-refractivity contribution in [3.05, 3.63) is 77.4 Å². The Labute approximate surface area is 210 Å². The molecule has 0 spiro atoms. The summed E-state index contributed by atoms with van der Waals surface area (Å²) < 4.78 is 17.5. The van der Waals surface area contributed by atoms with E-state index in [0.29, 0.717) is 28.6 Å². The quantitative estimate of drug-likeness (QED) is 0.531. The predicted molar refractivity (Wildman–Crippen MR) is 137 cm³/mol. The van der Waals surface area contributed by atoms with E-state index >= 15 is 0 Å². The van der Waals surface area contributed by atoms with E-state index in [-0.39, 0.29) is 5.91 Å². The Hall–Kier alpha value is -4.20. The van der Waals surface area contributed by atoms with Gasteiger partial charge in [0.05, 0.1) is 25.9 Å². The number of hydrogen-bond donors (Lipinski definition) is 2. The summed E-state index contributed by atoms with van der Waals surface area (Å²) in [6, 6.07) is 17.5. The standard InChI is InChI=1S/C28H29N3O5/c1-16-10-12-20(17(2)14-16)29-26(32)24-25-19-8-6-7-9-22(19)36-28(24,3)31(27(33)30-25)21-13-11-18(34-4)15-23(21)35-5/h6-15,24-25H,1-5H3,(H,29,32)(H,30,33). The van der Waals surface area contributed by atoms with E-state index in [0.717, 1.165) is 16.7 Å². The number of rotatable bonds is 5. The van der Waals surface area contributed by atoms with E-state index in [4.69, 9.17) is 14.2 Å². The number of methoxy groups -OCH3 is 2. The number of hydrogen-bond acceptors (Lipinski definition) is 5. The first-order valence-electron chi connectivity index (χ1n) is 11.8. The molecule has 3 amide bonds. The van der Waals surface area contributed by atoms with Crippen LogP contribution in [0.15, 0.2) is 60.7 Å². The Kier molecular flexibility index (Phi) is 5.74. The lowest BCUT2D eigenvalue weighted by Gasteiger charge is -2.54. The van der Waals surface area contributed by atoms with Crippen molar-refractivity contribution in [3.63, 3.8) is 0 Å². The summed E-state index contributed by atoms with van der Waals surface area (Å²) in [7, 11) is 3.08. The van der Waals surface area contributed by atoms with Gasteiger partial charge in [0.1, 0.15) is 23.2 Å². The Bertz CT molecular complexity index is 1360. The van der Waals surface area contributed by atoms with E-state index in [2.05, 4.69) is 10.6 Å². The van der Waals surface area contributed by atoms with Gasteiger partial charge in [-0.25, -0.2) is 4.79 Å². The summed E-state index contributed by atoms with van der Waals surface area (Å²) in [6.45, 7) is 5.73. The highest BCUT2D eigenvalue weighted by Gasteiger charge is 2.60. The molecule has 0 aromatic heterocycles. The molecule has 2 aliphatic heterocycles. The number of benzene rings is 3. The zero-order valence-corrected chi connectivity index (χ0v) is 20.9. The van der Waals surface area contributed by atoms with E-state index < -0.39 is 23.7 Å². The number of aryl methyl sites for hydroxylation is 2. The molecule has 1 fully saturated rings. The maximum absolute atomic E-state index is 14.0. The van der Waals surface area contributed by atoms with Gasteiger partial charge in [0.2, 0.25) is 11.6 Å². The molecule has 8 heteroatoms. The van der Waals surface area contributed by atoms with Crippen LogP contribution in [0.4, 0.5) is 16.2 Å². The van der Waals surface area contributed by atoms with Crippen molar-refractivity contribution in [3.8, 4) is 17.2 Å². The second-order valence-corrected chi connectivity index (χ2v) is 9.28. The zero-order chi connectivity index (χ0) is 25.6. The molecule has 3 aromatic rings. The lowest BCUT2D eigenvalue weighted by Crippen LogP contribution is -2.72. The van der Waals surface area contributed by atoms with Crippen molar-refractivity contribution in [1.82, 2.24) is 5.32 Å². The first-order chi connectivity index (χ1) is 17.3. The van der Waals surface area contributed by atoms with Gasteiger partial charge in [0.15, 0.2) is 0 Å². The van der Waals surface area contributed by atoms with Crippen molar-refractivity contribution in [2.75, 3.05) is 24.4 Å². The van der Waals surface area contributed by atoms with Crippen molar-refractivity contribution >= 4 is 23.3 Å². The number of nitrogens with zero attached hydrogens (tertiary/aromatic N) is 1. The number of nitrogens with one attached hydrogen (secondary N) is 2. The average molecular weight is 488 g/mol. The summed E-state index contributed by atoms with van der Waals surface area (Å²) in [4.78, 5) is 29.0. The number of carbonyl (C=O) groups is 2. The largest absolute Gasteiger partial charge is 0.497 e. The van der Waals surface area contributed by atoms with Crippen LogP contribution in [0.1, 0.15) is 29.7 Å². The van der Waals surface area contributed by atoms with Gasteiger partial charge in [-0.1, -0.05) is 35.9 Å². The maximum atomic E-state index is 14.0. The van der Waals surface area contributed by atoms with Crippen molar-refractivity contribution in [2.24, 2.45) is 5.92 Å². The molecule has 1 saturated heterocycles. The zero-order valence-electron chi connectivity index (χ0n) is 20.9. The highest BCUT2D eigenvalue weighted by atomic mass is 16.5. The number of carbonyl (C=O) groups excluding carboxylic acids is 2. The van der Waals surface area contributed by atoms with Crippen molar-refractivity contribution in [1.29, 1.82) is 0 Å². The maximum Gasteiger partial charge on any atom is 0.325 e. The van der Waals surface area contributed by atoms with Crippen LogP contribution in [-0.2, 0) is 4.79 Å². The number of para-hydroxylation sites is 1. The third-order valence-corrected chi connectivity index (χ3v) is 6.96. The summed E-state index contributed by atoms with van der Waals surface area (Å²) in [5, 5.41) is 6.13. The lowest BCUT2D eigenvalue weighted by molar-refractivity contribution is -0.131. The van der Waals surface area contributed by atoms with Gasteiger partial charge >= 0.3 is 6.03 Å².